The Balaban J connectivity index is 2.30. The summed E-state index contributed by atoms with van der Waals surface area (Å²) >= 11 is 0. The summed E-state index contributed by atoms with van der Waals surface area (Å²) in [5.74, 6) is 0.535. The van der Waals surface area contributed by atoms with Gasteiger partial charge in [-0.2, -0.15) is 13.2 Å². The Morgan fingerprint density at radius 1 is 1.38 bits per heavy atom. The van der Waals surface area contributed by atoms with Crippen LogP contribution in [-0.2, 0) is 4.74 Å². The van der Waals surface area contributed by atoms with E-state index >= 15 is 0 Å². The van der Waals surface area contributed by atoms with Gasteiger partial charge in [-0.15, -0.1) is 0 Å². The minimum atomic E-state index is -4.04. The molecule has 0 spiro atoms. The SMILES string of the molecule is CNC(CCCC(F)(F)F)C(OC)C1CC1. The van der Waals surface area contributed by atoms with Crippen LogP contribution in [0.1, 0.15) is 32.1 Å². The van der Waals surface area contributed by atoms with E-state index in [4.69, 9.17) is 4.74 Å². The summed E-state index contributed by atoms with van der Waals surface area (Å²) < 4.78 is 41.4. The number of hydrogen-bond donors (Lipinski definition) is 1. The molecule has 0 radical (unpaired) electrons. The molecule has 0 aromatic heterocycles. The lowest BCUT2D eigenvalue weighted by molar-refractivity contribution is -0.136. The van der Waals surface area contributed by atoms with Crippen molar-refractivity contribution in [1.29, 1.82) is 0 Å². The number of hydrogen-bond acceptors (Lipinski definition) is 2. The van der Waals surface area contributed by atoms with Crippen molar-refractivity contribution in [2.75, 3.05) is 14.2 Å². The Morgan fingerprint density at radius 3 is 2.38 bits per heavy atom. The minimum absolute atomic E-state index is 0.0415. The molecule has 1 saturated carbocycles. The van der Waals surface area contributed by atoms with Gasteiger partial charge in [0.15, 0.2) is 0 Å². The number of ether oxygens (including phenoxy) is 1. The zero-order valence-electron chi connectivity index (χ0n) is 9.81. The molecule has 1 rings (SSSR count). The highest BCUT2D eigenvalue weighted by atomic mass is 19.4. The fraction of sp³-hybridized carbons (Fsp3) is 1.00. The van der Waals surface area contributed by atoms with E-state index in [0.717, 1.165) is 12.8 Å². The third-order valence-electron chi connectivity index (χ3n) is 3.10. The predicted octanol–water partition coefficient (Wildman–Crippen LogP) is 2.73. The van der Waals surface area contributed by atoms with Gasteiger partial charge >= 0.3 is 6.18 Å². The van der Waals surface area contributed by atoms with Gasteiger partial charge < -0.3 is 10.1 Å². The molecule has 2 atom stereocenters. The lowest BCUT2D eigenvalue weighted by Gasteiger charge is -2.25. The monoisotopic (exact) mass is 239 g/mol. The van der Waals surface area contributed by atoms with Crippen molar-refractivity contribution >= 4 is 0 Å². The molecular weight excluding hydrogens is 219 g/mol. The van der Waals surface area contributed by atoms with Crippen molar-refractivity contribution in [2.24, 2.45) is 5.92 Å². The van der Waals surface area contributed by atoms with Gasteiger partial charge in [-0.25, -0.2) is 0 Å². The van der Waals surface area contributed by atoms with Crippen LogP contribution in [0.3, 0.4) is 0 Å². The molecule has 1 fully saturated rings. The smallest absolute Gasteiger partial charge is 0.380 e. The summed E-state index contributed by atoms with van der Waals surface area (Å²) in [6.07, 6.45) is -1.72. The first-order valence-corrected chi connectivity index (χ1v) is 5.74. The van der Waals surface area contributed by atoms with Crippen LogP contribution in [0.15, 0.2) is 0 Å². The maximum atomic E-state index is 12.0. The number of rotatable bonds is 7. The largest absolute Gasteiger partial charge is 0.389 e. The third kappa shape index (κ3) is 4.70. The second-order valence-corrected chi connectivity index (χ2v) is 4.44. The summed E-state index contributed by atoms with van der Waals surface area (Å²) in [6.45, 7) is 0. The average Bonchev–Trinajstić information content (AvgIpc) is 2.98. The topological polar surface area (TPSA) is 21.3 Å². The summed E-state index contributed by atoms with van der Waals surface area (Å²) in [5.41, 5.74) is 0. The van der Waals surface area contributed by atoms with Gasteiger partial charge in [0.1, 0.15) is 0 Å². The van der Waals surface area contributed by atoms with Crippen molar-refractivity contribution in [1.82, 2.24) is 5.32 Å². The molecule has 96 valence electrons. The van der Waals surface area contributed by atoms with Crippen molar-refractivity contribution in [2.45, 2.75) is 50.4 Å². The van der Waals surface area contributed by atoms with Crippen molar-refractivity contribution in [3.05, 3.63) is 0 Å². The highest BCUT2D eigenvalue weighted by molar-refractivity contribution is 4.89. The minimum Gasteiger partial charge on any atom is -0.380 e. The number of halogens is 3. The van der Waals surface area contributed by atoms with Crippen LogP contribution in [-0.4, -0.2) is 32.5 Å². The van der Waals surface area contributed by atoms with E-state index in [1.54, 1.807) is 14.2 Å². The van der Waals surface area contributed by atoms with E-state index in [1.807, 2.05) is 0 Å². The molecule has 5 heteroatoms. The summed E-state index contributed by atoms with van der Waals surface area (Å²) in [5, 5.41) is 3.07. The Kier molecular flexibility index (Phi) is 5.05. The lowest BCUT2D eigenvalue weighted by atomic mass is 10.0. The number of likely N-dealkylation sites (N-methyl/N-ethyl adjacent to an activating group) is 1. The molecule has 1 aliphatic rings. The molecule has 0 aromatic rings. The highest BCUT2D eigenvalue weighted by Gasteiger charge is 2.36. The molecule has 0 aliphatic heterocycles. The van der Waals surface area contributed by atoms with Crippen LogP contribution < -0.4 is 5.32 Å². The average molecular weight is 239 g/mol. The van der Waals surface area contributed by atoms with Gasteiger partial charge in [0.05, 0.1) is 6.10 Å². The van der Waals surface area contributed by atoms with Gasteiger partial charge in [-0.1, -0.05) is 0 Å². The maximum absolute atomic E-state index is 12.0. The van der Waals surface area contributed by atoms with Gasteiger partial charge in [-0.05, 0) is 38.6 Å². The molecule has 0 aromatic carbocycles. The Bertz CT molecular complexity index is 204. The Hall–Kier alpha value is -0.290. The van der Waals surface area contributed by atoms with Crippen LogP contribution in [0.4, 0.5) is 13.2 Å². The summed E-state index contributed by atoms with van der Waals surface area (Å²) in [6, 6.07) is 0.0415. The fourth-order valence-corrected chi connectivity index (χ4v) is 2.11. The number of nitrogens with one attached hydrogen (secondary N) is 1. The van der Waals surface area contributed by atoms with Crippen LogP contribution in [0, 0.1) is 5.92 Å². The molecule has 0 bridgehead atoms. The van der Waals surface area contributed by atoms with Gasteiger partial charge in [-0.3, -0.25) is 0 Å². The van der Waals surface area contributed by atoms with Crippen LogP contribution in [0.25, 0.3) is 0 Å². The van der Waals surface area contributed by atoms with E-state index in [9.17, 15) is 13.2 Å². The summed E-state index contributed by atoms with van der Waals surface area (Å²) in [7, 11) is 3.42. The van der Waals surface area contributed by atoms with Crippen molar-refractivity contribution < 1.29 is 17.9 Å². The molecule has 1 N–H and O–H groups in total. The van der Waals surface area contributed by atoms with Gasteiger partial charge in [0.2, 0.25) is 0 Å². The molecule has 0 heterocycles. The van der Waals surface area contributed by atoms with E-state index in [1.165, 1.54) is 0 Å². The molecule has 0 saturated heterocycles. The van der Waals surface area contributed by atoms with Crippen molar-refractivity contribution in [3.63, 3.8) is 0 Å². The molecule has 0 amide bonds. The molecule has 2 nitrogen and oxygen atoms in total. The van der Waals surface area contributed by atoms with Gasteiger partial charge in [0, 0.05) is 19.6 Å². The first-order chi connectivity index (χ1) is 7.48. The maximum Gasteiger partial charge on any atom is 0.389 e. The van der Waals surface area contributed by atoms with E-state index in [-0.39, 0.29) is 18.6 Å². The molecule has 2 unspecified atom stereocenters. The Morgan fingerprint density at radius 2 is 2.00 bits per heavy atom. The zero-order valence-corrected chi connectivity index (χ0v) is 9.81. The normalized spacial score (nSPS) is 20.8. The number of alkyl halides is 3. The molecular formula is C11H20F3NO. The fourth-order valence-electron chi connectivity index (χ4n) is 2.11. The quantitative estimate of drug-likeness (QED) is 0.737. The standard InChI is InChI=1S/C11H20F3NO/c1-15-9(4-3-7-11(12,13)14)10(16-2)8-5-6-8/h8-10,15H,3-7H2,1-2H3. The molecule has 1 aliphatic carbocycles. The predicted molar refractivity (Wildman–Crippen MR) is 56.3 cm³/mol. The lowest BCUT2D eigenvalue weighted by Crippen LogP contribution is -2.40. The van der Waals surface area contributed by atoms with E-state index < -0.39 is 12.6 Å². The zero-order chi connectivity index (χ0) is 12.2. The van der Waals surface area contributed by atoms with Crippen LogP contribution >= 0.6 is 0 Å². The Labute approximate surface area is 94.5 Å². The van der Waals surface area contributed by atoms with E-state index in [0.29, 0.717) is 12.3 Å². The molecule has 16 heavy (non-hydrogen) atoms. The van der Waals surface area contributed by atoms with Crippen LogP contribution in [0.5, 0.6) is 0 Å². The summed E-state index contributed by atoms with van der Waals surface area (Å²) in [4.78, 5) is 0. The van der Waals surface area contributed by atoms with E-state index in [2.05, 4.69) is 5.32 Å². The second kappa shape index (κ2) is 5.87. The first-order valence-electron chi connectivity index (χ1n) is 5.74. The van der Waals surface area contributed by atoms with Gasteiger partial charge in [0.25, 0.3) is 0 Å². The van der Waals surface area contributed by atoms with Crippen molar-refractivity contribution in [3.8, 4) is 0 Å². The second-order valence-electron chi connectivity index (χ2n) is 4.44. The number of methoxy groups -OCH3 is 1. The first kappa shape index (κ1) is 13.8. The highest BCUT2D eigenvalue weighted by Crippen LogP contribution is 2.36. The van der Waals surface area contributed by atoms with Crippen LogP contribution in [0.2, 0.25) is 0 Å². The third-order valence-corrected chi connectivity index (χ3v) is 3.10.